The lowest BCUT2D eigenvalue weighted by atomic mass is 10.2. The maximum atomic E-state index is 11.9. The standard InChI is InChI=1S/C11H10ClN3O3/c1-15-8(16)5-7(11(15)18)14-10(17)6-3-2-4-13-9(6)12/h2-4,7H,5H2,1H3,(H,14,17). The van der Waals surface area contributed by atoms with Crippen molar-refractivity contribution in [3.05, 3.63) is 29.0 Å². The molecule has 1 saturated heterocycles. The van der Waals surface area contributed by atoms with Gasteiger partial charge in [-0.15, -0.1) is 0 Å². The molecule has 0 radical (unpaired) electrons. The van der Waals surface area contributed by atoms with E-state index in [4.69, 9.17) is 11.6 Å². The highest BCUT2D eigenvalue weighted by atomic mass is 35.5. The fourth-order valence-electron chi connectivity index (χ4n) is 1.66. The van der Waals surface area contributed by atoms with Crippen LogP contribution in [0.2, 0.25) is 5.15 Å². The Morgan fingerprint density at radius 3 is 2.83 bits per heavy atom. The Morgan fingerprint density at radius 2 is 2.28 bits per heavy atom. The van der Waals surface area contributed by atoms with Crippen molar-refractivity contribution in [2.24, 2.45) is 0 Å². The number of aromatic nitrogens is 1. The number of nitrogens with one attached hydrogen (secondary N) is 1. The highest BCUT2D eigenvalue weighted by molar-refractivity contribution is 6.32. The summed E-state index contributed by atoms with van der Waals surface area (Å²) in [4.78, 5) is 39.5. The van der Waals surface area contributed by atoms with E-state index in [2.05, 4.69) is 10.3 Å². The van der Waals surface area contributed by atoms with Crippen LogP contribution in [0.1, 0.15) is 16.8 Å². The summed E-state index contributed by atoms with van der Waals surface area (Å²) in [7, 11) is 1.38. The Bertz CT molecular complexity index is 532. The first-order valence-corrected chi connectivity index (χ1v) is 5.60. The number of halogens is 1. The number of hydrogen-bond donors (Lipinski definition) is 1. The third-order valence-electron chi connectivity index (χ3n) is 2.69. The van der Waals surface area contributed by atoms with Gasteiger partial charge in [-0.3, -0.25) is 19.3 Å². The molecule has 2 rings (SSSR count). The zero-order valence-electron chi connectivity index (χ0n) is 9.51. The second-order valence-corrected chi connectivity index (χ2v) is 4.22. The topological polar surface area (TPSA) is 79.4 Å². The van der Waals surface area contributed by atoms with Crippen LogP contribution in [0.3, 0.4) is 0 Å². The number of likely N-dealkylation sites (N-methyl/N-ethyl adjacent to an activating group) is 1. The fourth-order valence-corrected chi connectivity index (χ4v) is 1.86. The number of rotatable bonds is 2. The quantitative estimate of drug-likeness (QED) is 0.614. The molecule has 0 bridgehead atoms. The Hall–Kier alpha value is -1.95. The van der Waals surface area contributed by atoms with Crippen LogP contribution in [0, 0.1) is 0 Å². The molecule has 0 aliphatic carbocycles. The second kappa shape index (κ2) is 4.73. The molecule has 6 nitrogen and oxygen atoms in total. The van der Waals surface area contributed by atoms with Gasteiger partial charge in [0.1, 0.15) is 11.2 Å². The summed E-state index contributed by atoms with van der Waals surface area (Å²) in [6, 6.07) is 2.23. The molecule has 3 amide bonds. The minimum Gasteiger partial charge on any atom is -0.340 e. The zero-order chi connectivity index (χ0) is 13.3. The number of likely N-dealkylation sites (tertiary alicyclic amines) is 1. The van der Waals surface area contributed by atoms with Gasteiger partial charge in [-0.25, -0.2) is 4.98 Å². The van der Waals surface area contributed by atoms with Crippen LogP contribution in [0.25, 0.3) is 0 Å². The lowest BCUT2D eigenvalue weighted by Gasteiger charge is -2.11. The predicted octanol–water partition coefficient (Wildman–Crippen LogP) is 0.222. The van der Waals surface area contributed by atoms with Crippen LogP contribution >= 0.6 is 11.6 Å². The van der Waals surface area contributed by atoms with Gasteiger partial charge in [0.2, 0.25) is 5.91 Å². The van der Waals surface area contributed by atoms with Gasteiger partial charge in [-0.05, 0) is 12.1 Å². The summed E-state index contributed by atoms with van der Waals surface area (Å²) >= 11 is 5.76. The van der Waals surface area contributed by atoms with E-state index in [-0.39, 0.29) is 23.0 Å². The van der Waals surface area contributed by atoms with Gasteiger partial charge in [0.15, 0.2) is 0 Å². The fraction of sp³-hybridized carbons (Fsp3) is 0.273. The summed E-state index contributed by atoms with van der Waals surface area (Å²) in [6.45, 7) is 0. The molecule has 18 heavy (non-hydrogen) atoms. The molecule has 1 fully saturated rings. The lowest BCUT2D eigenvalue weighted by molar-refractivity contribution is -0.137. The maximum absolute atomic E-state index is 11.9. The number of carbonyl (C=O) groups is 3. The van der Waals surface area contributed by atoms with Gasteiger partial charge in [-0.2, -0.15) is 0 Å². The second-order valence-electron chi connectivity index (χ2n) is 3.86. The number of carbonyl (C=O) groups excluding carboxylic acids is 3. The average molecular weight is 268 g/mol. The number of hydrogen-bond acceptors (Lipinski definition) is 4. The lowest BCUT2D eigenvalue weighted by Crippen LogP contribution is -2.40. The van der Waals surface area contributed by atoms with Crippen molar-refractivity contribution >= 4 is 29.3 Å². The molecule has 1 aromatic rings. The molecule has 0 saturated carbocycles. The van der Waals surface area contributed by atoms with Crippen molar-refractivity contribution in [1.82, 2.24) is 15.2 Å². The predicted molar refractivity (Wildman–Crippen MR) is 62.9 cm³/mol. The first kappa shape index (κ1) is 12.5. The van der Waals surface area contributed by atoms with Crippen molar-refractivity contribution in [2.45, 2.75) is 12.5 Å². The maximum Gasteiger partial charge on any atom is 0.255 e. The molecule has 2 heterocycles. The van der Waals surface area contributed by atoms with Crippen molar-refractivity contribution in [2.75, 3.05) is 7.05 Å². The monoisotopic (exact) mass is 267 g/mol. The van der Waals surface area contributed by atoms with Gasteiger partial charge in [0, 0.05) is 13.2 Å². The molecule has 7 heteroatoms. The van der Waals surface area contributed by atoms with Crippen LogP contribution in [0.5, 0.6) is 0 Å². The van der Waals surface area contributed by atoms with Crippen molar-refractivity contribution in [3.8, 4) is 0 Å². The third kappa shape index (κ3) is 2.19. The van der Waals surface area contributed by atoms with Crippen LogP contribution < -0.4 is 5.32 Å². The number of pyridine rings is 1. The van der Waals surface area contributed by atoms with Crippen LogP contribution in [0.4, 0.5) is 0 Å². The highest BCUT2D eigenvalue weighted by Gasteiger charge is 2.37. The summed E-state index contributed by atoms with van der Waals surface area (Å²) < 4.78 is 0. The van der Waals surface area contributed by atoms with E-state index < -0.39 is 17.9 Å². The average Bonchev–Trinajstić information content (AvgIpc) is 2.57. The molecule has 1 aliphatic rings. The SMILES string of the molecule is CN1C(=O)CC(NC(=O)c2cccnc2Cl)C1=O. The van der Waals surface area contributed by atoms with E-state index in [1.54, 1.807) is 6.07 Å². The van der Waals surface area contributed by atoms with Crippen LogP contribution in [-0.2, 0) is 9.59 Å². The molecular weight excluding hydrogens is 258 g/mol. The molecule has 1 aromatic heterocycles. The van der Waals surface area contributed by atoms with E-state index in [1.807, 2.05) is 0 Å². The van der Waals surface area contributed by atoms with E-state index in [0.29, 0.717) is 0 Å². The number of imide groups is 1. The van der Waals surface area contributed by atoms with Crippen molar-refractivity contribution < 1.29 is 14.4 Å². The van der Waals surface area contributed by atoms with E-state index in [0.717, 1.165) is 4.90 Å². The smallest absolute Gasteiger partial charge is 0.255 e. The molecule has 1 N–H and O–H groups in total. The molecule has 1 aliphatic heterocycles. The zero-order valence-corrected chi connectivity index (χ0v) is 10.3. The van der Waals surface area contributed by atoms with Gasteiger partial charge >= 0.3 is 0 Å². The number of amides is 3. The Labute approximate surface area is 108 Å². The summed E-state index contributed by atoms with van der Waals surface area (Å²) in [5.41, 5.74) is 0.175. The Morgan fingerprint density at radius 1 is 1.56 bits per heavy atom. The molecule has 1 atom stereocenters. The summed E-state index contributed by atoms with van der Waals surface area (Å²) in [5.74, 6) is -1.26. The van der Waals surface area contributed by atoms with Crippen LogP contribution in [-0.4, -0.2) is 40.7 Å². The third-order valence-corrected chi connectivity index (χ3v) is 2.99. The Kier molecular flexibility index (Phi) is 3.29. The van der Waals surface area contributed by atoms with Crippen LogP contribution in [0.15, 0.2) is 18.3 Å². The van der Waals surface area contributed by atoms with Gasteiger partial charge in [0.05, 0.1) is 12.0 Å². The first-order valence-electron chi connectivity index (χ1n) is 5.22. The minimum atomic E-state index is -0.828. The minimum absolute atomic E-state index is 0.0288. The van der Waals surface area contributed by atoms with Crippen molar-refractivity contribution in [3.63, 3.8) is 0 Å². The molecule has 1 unspecified atom stereocenters. The highest BCUT2D eigenvalue weighted by Crippen LogP contribution is 2.14. The van der Waals surface area contributed by atoms with Gasteiger partial charge in [-0.1, -0.05) is 11.6 Å². The molecule has 0 spiro atoms. The van der Waals surface area contributed by atoms with Crippen molar-refractivity contribution in [1.29, 1.82) is 0 Å². The molecule has 94 valence electrons. The normalized spacial score (nSPS) is 19.2. The van der Waals surface area contributed by atoms with E-state index in [9.17, 15) is 14.4 Å². The van der Waals surface area contributed by atoms with E-state index in [1.165, 1.54) is 19.3 Å². The first-order chi connectivity index (χ1) is 8.50. The van der Waals surface area contributed by atoms with E-state index >= 15 is 0 Å². The molecular formula is C11H10ClN3O3. The van der Waals surface area contributed by atoms with Gasteiger partial charge in [0.25, 0.3) is 11.8 Å². The van der Waals surface area contributed by atoms with Gasteiger partial charge < -0.3 is 5.32 Å². The Balaban J connectivity index is 2.12. The largest absolute Gasteiger partial charge is 0.340 e. The summed E-state index contributed by atoms with van der Waals surface area (Å²) in [5, 5.41) is 2.53. The summed E-state index contributed by atoms with van der Waals surface area (Å²) in [6.07, 6.45) is 1.43. The number of nitrogens with zero attached hydrogens (tertiary/aromatic N) is 2. The molecule has 0 aromatic carbocycles.